The monoisotopic (exact) mass is 431 g/mol. The summed E-state index contributed by atoms with van der Waals surface area (Å²) in [5.74, 6) is -0.104. The standard InChI is InChI=1S/C26H26FN3O2/c27-21-12-10-20(11-13-21)25(31)22-7-3-4-8-23(22)26(32)29-18-19-9-14-24(28-17-19)30-15-5-1-2-6-16-30/h3-4,7-14,17H,1-2,5-6,15-16,18H2,(H,29,32). The maximum atomic E-state index is 13.2. The number of hydrogen-bond donors (Lipinski definition) is 1. The Hall–Kier alpha value is -3.54. The predicted molar refractivity (Wildman–Crippen MR) is 122 cm³/mol. The van der Waals surface area contributed by atoms with Crippen LogP contribution in [0.25, 0.3) is 0 Å². The van der Waals surface area contributed by atoms with Crippen LogP contribution in [-0.4, -0.2) is 29.8 Å². The molecule has 3 aromatic rings. The van der Waals surface area contributed by atoms with Gasteiger partial charge in [0.05, 0.1) is 5.56 Å². The highest BCUT2D eigenvalue weighted by Crippen LogP contribution is 2.18. The number of nitrogens with zero attached hydrogens (tertiary/aromatic N) is 2. The molecule has 2 heterocycles. The summed E-state index contributed by atoms with van der Waals surface area (Å²) in [5.41, 5.74) is 1.79. The molecule has 2 aromatic carbocycles. The van der Waals surface area contributed by atoms with Gasteiger partial charge in [-0.25, -0.2) is 9.37 Å². The maximum absolute atomic E-state index is 13.2. The van der Waals surface area contributed by atoms with Crippen LogP contribution in [-0.2, 0) is 6.54 Å². The number of ketones is 1. The van der Waals surface area contributed by atoms with Crippen molar-refractivity contribution in [3.05, 3.63) is 94.9 Å². The van der Waals surface area contributed by atoms with Crippen molar-refractivity contribution in [1.29, 1.82) is 0 Å². The molecule has 1 aromatic heterocycles. The molecular weight excluding hydrogens is 405 g/mol. The lowest BCUT2D eigenvalue weighted by Gasteiger charge is -2.21. The lowest BCUT2D eigenvalue weighted by molar-refractivity contribution is 0.0939. The van der Waals surface area contributed by atoms with Crippen LogP contribution in [0, 0.1) is 5.82 Å². The van der Waals surface area contributed by atoms with Gasteiger partial charge in [-0.15, -0.1) is 0 Å². The second kappa shape index (κ2) is 10.2. The first-order valence-electron chi connectivity index (χ1n) is 11.0. The SMILES string of the molecule is O=C(NCc1ccc(N2CCCCCC2)nc1)c1ccccc1C(=O)c1ccc(F)cc1. The molecule has 0 bridgehead atoms. The average Bonchev–Trinajstić information content (AvgIpc) is 3.13. The third kappa shape index (κ3) is 5.19. The highest BCUT2D eigenvalue weighted by molar-refractivity contribution is 6.15. The zero-order valence-corrected chi connectivity index (χ0v) is 17.9. The molecule has 6 heteroatoms. The number of aromatic nitrogens is 1. The molecule has 1 saturated heterocycles. The number of anilines is 1. The van der Waals surface area contributed by atoms with E-state index in [1.54, 1.807) is 30.5 Å². The predicted octanol–water partition coefficient (Wildman–Crippen LogP) is 4.76. The van der Waals surface area contributed by atoms with Gasteiger partial charge in [-0.2, -0.15) is 0 Å². The molecular formula is C26H26FN3O2. The molecule has 164 valence electrons. The number of carbonyl (C=O) groups is 2. The first kappa shape index (κ1) is 21.7. The number of carbonyl (C=O) groups excluding carboxylic acids is 2. The second-order valence-electron chi connectivity index (χ2n) is 7.99. The molecule has 1 fully saturated rings. The highest BCUT2D eigenvalue weighted by atomic mass is 19.1. The molecule has 0 aliphatic carbocycles. The fourth-order valence-corrected chi connectivity index (χ4v) is 3.92. The Balaban J connectivity index is 1.42. The van der Waals surface area contributed by atoms with Crippen molar-refractivity contribution in [3.63, 3.8) is 0 Å². The van der Waals surface area contributed by atoms with E-state index in [0.29, 0.717) is 12.1 Å². The van der Waals surface area contributed by atoms with Crippen LogP contribution in [0.1, 0.15) is 57.5 Å². The second-order valence-corrected chi connectivity index (χ2v) is 7.99. The van der Waals surface area contributed by atoms with E-state index < -0.39 is 5.82 Å². The van der Waals surface area contributed by atoms with Crippen molar-refractivity contribution < 1.29 is 14.0 Å². The maximum Gasteiger partial charge on any atom is 0.252 e. The van der Waals surface area contributed by atoms with E-state index in [9.17, 15) is 14.0 Å². The summed E-state index contributed by atoms with van der Waals surface area (Å²) in [4.78, 5) is 32.6. The van der Waals surface area contributed by atoms with E-state index in [4.69, 9.17) is 0 Å². The van der Waals surface area contributed by atoms with Crippen LogP contribution in [0.2, 0.25) is 0 Å². The molecule has 5 nitrogen and oxygen atoms in total. The van der Waals surface area contributed by atoms with Crippen LogP contribution < -0.4 is 10.2 Å². The lowest BCUT2D eigenvalue weighted by atomic mass is 9.98. The Morgan fingerprint density at radius 3 is 2.22 bits per heavy atom. The van der Waals surface area contributed by atoms with Crippen molar-refractivity contribution in [2.24, 2.45) is 0 Å². The Bertz CT molecular complexity index is 1070. The van der Waals surface area contributed by atoms with Crippen molar-refractivity contribution in [3.8, 4) is 0 Å². The van der Waals surface area contributed by atoms with E-state index in [-0.39, 0.29) is 22.8 Å². The molecule has 0 saturated carbocycles. The van der Waals surface area contributed by atoms with Gasteiger partial charge >= 0.3 is 0 Å². The number of hydrogen-bond acceptors (Lipinski definition) is 4. The topological polar surface area (TPSA) is 62.3 Å². The molecule has 32 heavy (non-hydrogen) atoms. The van der Waals surface area contributed by atoms with Crippen molar-refractivity contribution in [2.75, 3.05) is 18.0 Å². The normalized spacial score (nSPS) is 14.0. The van der Waals surface area contributed by atoms with Crippen LogP contribution in [0.3, 0.4) is 0 Å². The summed E-state index contributed by atoms with van der Waals surface area (Å²) in [6.45, 7) is 2.37. The fourth-order valence-electron chi connectivity index (χ4n) is 3.92. The number of halogens is 1. The van der Waals surface area contributed by atoms with E-state index in [0.717, 1.165) is 24.5 Å². The molecule has 0 unspecified atom stereocenters. The molecule has 0 atom stereocenters. The van der Waals surface area contributed by atoms with Gasteiger partial charge in [0.2, 0.25) is 0 Å². The van der Waals surface area contributed by atoms with Crippen molar-refractivity contribution in [2.45, 2.75) is 32.2 Å². The van der Waals surface area contributed by atoms with Gasteiger partial charge in [0.15, 0.2) is 5.78 Å². The van der Waals surface area contributed by atoms with Crippen molar-refractivity contribution in [1.82, 2.24) is 10.3 Å². The van der Waals surface area contributed by atoms with Gasteiger partial charge in [0.25, 0.3) is 5.91 Å². The number of pyridine rings is 1. The molecule has 0 radical (unpaired) electrons. The number of benzene rings is 2. The molecule has 1 amide bonds. The largest absolute Gasteiger partial charge is 0.357 e. The summed E-state index contributed by atoms with van der Waals surface area (Å²) in [6.07, 6.45) is 6.71. The van der Waals surface area contributed by atoms with Gasteiger partial charge in [-0.3, -0.25) is 9.59 Å². The van der Waals surface area contributed by atoms with E-state index >= 15 is 0 Å². The molecule has 0 spiro atoms. The molecule has 1 aliphatic rings. The van der Waals surface area contributed by atoms with Crippen LogP contribution in [0.15, 0.2) is 66.9 Å². The minimum absolute atomic E-state index is 0.284. The number of rotatable bonds is 6. The lowest BCUT2D eigenvalue weighted by Crippen LogP contribution is -2.26. The third-order valence-electron chi connectivity index (χ3n) is 5.71. The van der Waals surface area contributed by atoms with Crippen LogP contribution in [0.5, 0.6) is 0 Å². The molecule has 1 aliphatic heterocycles. The first-order chi connectivity index (χ1) is 15.6. The summed E-state index contributed by atoms with van der Waals surface area (Å²) in [7, 11) is 0. The summed E-state index contributed by atoms with van der Waals surface area (Å²) < 4.78 is 13.2. The Kier molecular flexibility index (Phi) is 6.90. The highest BCUT2D eigenvalue weighted by Gasteiger charge is 2.18. The Morgan fingerprint density at radius 1 is 0.875 bits per heavy atom. The first-order valence-corrected chi connectivity index (χ1v) is 11.0. The summed E-state index contributed by atoms with van der Waals surface area (Å²) in [6, 6.07) is 15.9. The minimum atomic E-state index is -0.414. The quantitative estimate of drug-likeness (QED) is 0.572. The van der Waals surface area contributed by atoms with Crippen LogP contribution >= 0.6 is 0 Å². The fraction of sp³-hybridized carbons (Fsp3) is 0.269. The zero-order chi connectivity index (χ0) is 22.3. The smallest absolute Gasteiger partial charge is 0.252 e. The number of amides is 1. The molecule has 4 rings (SSSR count). The molecule has 1 N–H and O–H groups in total. The Morgan fingerprint density at radius 2 is 1.56 bits per heavy atom. The third-order valence-corrected chi connectivity index (χ3v) is 5.71. The van der Waals surface area contributed by atoms with E-state index in [1.807, 2.05) is 12.1 Å². The Labute approximate surface area is 187 Å². The number of nitrogens with one attached hydrogen (secondary N) is 1. The average molecular weight is 432 g/mol. The van der Waals surface area contributed by atoms with E-state index in [2.05, 4.69) is 15.2 Å². The summed E-state index contributed by atoms with van der Waals surface area (Å²) >= 11 is 0. The summed E-state index contributed by atoms with van der Waals surface area (Å²) in [5, 5.41) is 2.88. The van der Waals surface area contributed by atoms with Crippen molar-refractivity contribution >= 4 is 17.5 Å². The van der Waals surface area contributed by atoms with Gasteiger partial charge in [-0.05, 0) is 54.8 Å². The van der Waals surface area contributed by atoms with Crippen LogP contribution in [0.4, 0.5) is 10.2 Å². The zero-order valence-electron chi connectivity index (χ0n) is 17.9. The minimum Gasteiger partial charge on any atom is -0.357 e. The van der Waals surface area contributed by atoms with Gasteiger partial charge in [-0.1, -0.05) is 37.1 Å². The van der Waals surface area contributed by atoms with Gasteiger partial charge in [0, 0.05) is 37.0 Å². The van der Waals surface area contributed by atoms with Gasteiger partial charge < -0.3 is 10.2 Å². The van der Waals surface area contributed by atoms with Gasteiger partial charge in [0.1, 0.15) is 11.6 Å². The van der Waals surface area contributed by atoms with E-state index in [1.165, 1.54) is 49.9 Å².